The van der Waals surface area contributed by atoms with Crippen molar-refractivity contribution in [3.8, 4) is 22.8 Å². The molecule has 136 valence electrons. The molecule has 6 nitrogen and oxygen atoms in total. The molecule has 0 amide bonds. The van der Waals surface area contributed by atoms with Crippen LogP contribution in [0.4, 0.5) is 0 Å². The van der Waals surface area contributed by atoms with E-state index in [0.717, 1.165) is 22.2 Å². The van der Waals surface area contributed by atoms with E-state index in [1.54, 1.807) is 19.6 Å². The highest BCUT2D eigenvalue weighted by molar-refractivity contribution is 7.98. The zero-order valence-electron chi connectivity index (χ0n) is 14.4. The second kappa shape index (κ2) is 7.85. The first kappa shape index (κ1) is 17.6. The van der Waals surface area contributed by atoms with E-state index >= 15 is 0 Å². The molecule has 27 heavy (non-hydrogen) atoms. The Kier molecular flexibility index (Phi) is 5.13. The Bertz CT molecular complexity index is 1060. The number of halogens is 1. The van der Waals surface area contributed by atoms with Crippen LogP contribution in [0.15, 0.2) is 70.6 Å². The minimum atomic E-state index is 0.522. The third kappa shape index (κ3) is 3.84. The van der Waals surface area contributed by atoms with Crippen molar-refractivity contribution in [3.05, 3.63) is 72.0 Å². The van der Waals surface area contributed by atoms with Gasteiger partial charge in [0.1, 0.15) is 12.1 Å². The first-order valence-corrected chi connectivity index (χ1v) is 9.48. The summed E-state index contributed by atoms with van der Waals surface area (Å²) in [4.78, 5) is 4.35. The van der Waals surface area contributed by atoms with Crippen LogP contribution in [0.25, 0.3) is 17.0 Å². The number of oxazole rings is 1. The molecule has 0 aliphatic carbocycles. The Morgan fingerprint density at radius 2 is 2.07 bits per heavy atom. The van der Waals surface area contributed by atoms with Gasteiger partial charge < -0.3 is 9.15 Å². The molecule has 0 N–H and O–H groups in total. The van der Waals surface area contributed by atoms with Gasteiger partial charge in [0, 0.05) is 10.6 Å². The largest absolute Gasteiger partial charge is 0.495 e. The molecular weight excluding hydrogens is 384 g/mol. The van der Waals surface area contributed by atoms with Crippen molar-refractivity contribution in [3.63, 3.8) is 0 Å². The maximum absolute atomic E-state index is 6.04. The summed E-state index contributed by atoms with van der Waals surface area (Å²) in [5, 5.41) is 9.59. The van der Waals surface area contributed by atoms with Gasteiger partial charge in [-0.1, -0.05) is 47.6 Å². The molecule has 2 aromatic carbocycles. The number of methoxy groups -OCH3 is 1. The first-order chi connectivity index (χ1) is 13.2. The average Bonchev–Trinajstić information content (AvgIpc) is 3.35. The maximum Gasteiger partial charge on any atom is 0.205 e. The van der Waals surface area contributed by atoms with Crippen molar-refractivity contribution in [1.82, 2.24) is 19.7 Å². The van der Waals surface area contributed by atoms with Crippen LogP contribution in [0.3, 0.4) is 0 Å². The fourth-order valence-electron chi connectivity index (χ4n) is 2.60. The Morgan fingerprint density at radius 1 is 1.19 bits per heavy atom. The molecule has 0 aliphatic heterocycles. The molecule has 0 bridgehead atoms. The van der Waals surface area contributed by atoms with E-state index in [1.165, 1.54) is 11.8 Å². The summed E-state index contributed by atoms with van der Waals surface area (Å²) in [5.74, 6) is 2.55. The van der Waals surface area contributed by atoms with Crippen molar-refractivity contribution in [2.45, 2.75) is 10.9 Å². The molecular formula is C19H15ClN4O2S. The Balaban J connectivity index is 1.52. The quantitative estimate of drug-likeness (QED) is 0.431. The topological polar surface area (TPSA) is 66.0 Å². The molecule has 2 aromatic heterocycles. The second-order valence-electron chi connectivity index (χ2n) is 5.57. The Hall–Kier alpha value is -2.77. The zero-order chi connectivity index (χ0) is 18.6. The van der Waals surface area contributed by atoms with Crippen LogP contribution >= 0.6 is 23.4 Å². The SMILES string of the molecule is COc1ccccc1-n1cnnc1SCc1ncc(-c2cccc(Cl)c2)o1. The van der Waals surface area contributed by atoms with Crippen LogP contribution in [0.2, 0.25) is 5.02 Å². The second-order valence-corrected chi connectivity index (χ2v) is 6.95. The van der Waals surface area contributed by atoms with Gasteiger partial charge in [-0.05, 0) is 24.3 Å². The highest BCUT2D eigenvalue weighted by atomic mass is 35.5. The Morgan fingerprint density at radius 3 is 2.93 bits per heavy atom. The molecule has 2 heterocycles. The van der Waals surface area contributed by atoms with Crippen molar-refractivity contribution in [2.24, 2.45) is 0 Å². The predicted octanol–water partition coefficient (Wildman–Crippen LogP) is 4.88. The molecule has 0 aliphatic rings. The minimum absolute atomic E-state index is 0.522. The maximum atomic E-state index is 6.04. The van der Waals surface area contributed by atoms with E-state index in [9.17, 15) is 0 Å². The molecule has 0 saturated carbocycles. The van der Waals surface area contributed by atoms with Crippen molar-refractivity contribution in [1.29, 1.82) is 0 Å². The fraction of sp³-hybridized carbons (Fsp3) is 0.105. The summed E-state index contributed by atoms with van der Waals surface area (Å²) in [6.45, 7) is 0. The lowest BCUT2D eigenvalue weighted by Gasteiger charge is -2.10. The molecule has 0 radical (unpaired) electrons. The third-order valence-corrected chi connectivity index (χ3v) is 5.01. The van der Waals surface area contributed by atoms with Crippen LogP contribution < -0.4 is 4.74 Å². The standard InChI is InChI=1S/C19H15ClN4O2S/c1-25-16-8-3-2-7-15(16)24-12-22-23-19(24)27-11-18-21-10-17(26-18)13-5-4-6-14(20)9-13/h2-10,12H,11H2,1H3. The lowest BCUT2D eigenvalue weighted by atomic mass is 10.2. The van der Waals surface area contributed by atoms with E-state index in [4.69, 9.17) is 20.8 Å². The van der Waals surface area contributed by atoms with E-state index in [1.807, 2.05) is 53.1 Å². The van der Waals surface area contributed by atoms with Gasteiger partial charge in [-0.15, -0.1) is 10.2 Å². The molecule has 4 rings (SSSR count). The predicted molar refractivity (Wildman–Crippen MR) is 104 cm³/mol. The monoisotopic (exact) mass is 398 g/mol. The van der Waals surface area contributed by atoms with Crippen molar-refractivity contribution in [2.75, 3.05) is 7.11 Å². The highest BCUT2D eigenvalue weighted by Crippen LogP contribution is 2.29. The molecule has 4 aromatic rings. The number of para-hydroxylation sites is 2. The number of ether oxygens (including phenoxy) is 1. The molecule has 0 atom stereocenters. The van der Waals surface area contributed by atoms with Gasteiger partial charge >= 0.3 is 0 Å². The lowest BCUT2D eigenvalue weighted by molar-refractivity contribution is 0.412. The molecule has 0 fully saturated rings. The summed E-state index contributed by atoms with van der Waals surface area (Å²) in [7, 11) is 1.64. The van der Waals surface area contributed by atoms with E-state index < -0.39 is 0 Å². The van der Waals surface area contributed by atoms with E-state index in [-0.39, 0.29) is 0 Å². The molecule has 0 saturated heterocycles. The summed E-state index contributed by atoms with van der Waals surface area (Å²) >= 11 is 7.52. The van der Waals surface area contributed by atoms with E-state index in [0.29, 0.717) is 22.4 Å². The van der Waals surface area contributed by atoms with Gasteiger partial charge in [0.05, 0.1) is 24.7 Å². The van der Waals surface area contributed by atoms with Gasteiger partial charge in [-0.2, -0.15) is 0 Å². The number of benzene rings is 2. The summed E-state index contributed by atoms with van der Waals surface area (Å²) in [6.07, 6.45) is 3.36. The van der Waals surface area contributed by atoms with E-state index in [2.05, 4.69) is 15.2 Å². The number of thioether (sulfide) groups is 1. The van der Waals surface area contributed by atoms with Crippen LogP contribution in [0, 0.1) is 0 Å². The number of nitrogens with zero attached hydrogens (tertiary/aromatic N) is 4. The van der Waals surface area contributed by atoms with Crippen LogP contribution in [0.1, 0.15) is 5.89 Å². The van der Waals surface area contributed by atoms with Gasteiger partial charge in [0.15, 0.2) is 10.9 Å². The lowest BCUT2D eigenvalue weighted by Crippen LogP contribution is -1.98. The molecule has 0 unspecified atom stereocenters. The number of hydrogen-bond donors (Lipinski definition) is 0. The zero-order valence-corrected chi connectivity index (χ0v) is 15.9. The highest BCUT2D eigenvalue weighted by Gasteiger charge is 2.13. The summed E-state index contributed by atoms with van der Waals surface area (Å²) in [5.41, 5.74) is 1.77. The van der Waals surface area contributed by atoms with Crippen LogP contribution in [-0.4, -0.2) is 26.9 Å². The van der Waals surface area contributed by atoms with Gasteiger partial charge in [-0.3, -0.25) is 4.57 Å². The van der Waals surface area contributed by atoms with Crippen LogP contribution in [0.5, 0.6) is 5.75 Å². The molecule has 8 heteroatoms. The van der Waals surface area contributed by atoms with Crippen LogP contribution in [-0.2, 0) is 5.75 Å². The molecule has 0 spiro atoms. The average molecular weight is 399 g/mol. The van der Waals surface area contributed by atoms with Gasteiger partial charge in [-0.25, -0.2) is 4.98 Å². The first-order valence-electron chi connectivity index (χ1n) is 8.11. The van der Waals surface area contributed by atoms with Gasteiger partial charge in [0.2, 0.25) is 5.89 Å². The smallest absolute Gasteiger partial charge is 0.205 e. The summed E-state index contributed by atoms with van der Waals surface area (Å²) < 4.78 is 13.1. The fourth-order valence-corrected chi connectivity index (χ4v) is 3.56. The Labute approximate surface area is 165 Å². The summed E-state index contributed by atoms with van der Waals surface area (Å²) in [6, 6.07) is 15.2. The minimum Gasteiger partial charge on any atom is -0.495 e. The van der Waals surface area contributed by atoms with Crippen molar-refractivity contribution >= 4 is 23.4 Å². The van der Waals surface area contributed by atoms with Crippen molar-refractivity contribution < 1.29 is 9.15 Å². The third-order valence-electron chi connectivity index (χ3n) is 3.85. The number of aromatic nitrogens is 4. The number of hydrogen-bond acceptors (Lipinski definition) is 6. The van der Waals surface area contributed by atoms with Gasteiger partial charge in [0.25, 0.3) is 0 Å². The normalized spacial score (nSPS) is 10.9. The number of rotatable bonds is 6.